The summed E-state index contributed by atoms with van der Waals surface area (Å²) in [5.41, 5.74) is 1.85. The van der Waals surface area contributed by atoms with Crippen LogP contribution in [-0.2, 0) is 16.0 Å². The Morgan fingerprint density at radius 2 is 1.68 bits per heavy atom. The van der Waals surface area contributed by atoms with Crippen LogP contribution in [0.25, 0.3) is 10.2 Å². The van der Waals surface area contributed by atoms with E-state index in [0.29, 0.717) is 50.6 Å². The maximum Gasteiger partial charge on any atom is 0.318 e. The number of morpholine rings is 1. The zero-order valence-corrected chi connectivity index (χ0v) is 22.1. The zero-order chi connectivity index (χ0) is 26.2. The first-order chi connectivity index (χ1) is 17.9. The molecule has 0 saturated carbocycles. The summed E-state index contributed by atoms with van der Waals surface area (Å²) in [5, 5.41) is 6.23. The van der Waals surface area contributed by atoms with Crippen molar-refractivity contribution in [1.29, 1.82) is 0 Å². The fraction of sp³-hybridized carbons (Fsp3) is 0.429. The van der Waals surface area contributed by atoms with Crippen molar-refractivity contribution >= 4 is 39.3 Å². The molecule has 4 rings (SSSR count). The van der Waals surface area contributed by atoms with Gasteiger partial charge >= 0.3 is 6.03 Å². The van der Waals surface area contributed by atoms with Crippen LogP contribution in [0.3, 0.4) is 0 Å². The smallest absolute Gasteiger partial charge is 0.318 e. The second-order valence-corrected chi connectivity index (χ2v) is 10.7. The van der Waals surface area contributed by atoms with E-state index in [0.717, 1.165) is 15.8 Å². The molecule has 8 nitrogen and oxygen atoms in total. The van der Waals surface area contributed by atoms with Crippen LogP contribution in [0.4, 0.5) is 4.79 Å². The summed E-state index contributed by atoms with van der Waals surface area (Å²) in [5.74, 6) is -0.403. The van der Waals surface area contributed by atoms with Gasteiger partial charge in [-0.05, 0) is 42.9 Å². The minimum Gasteiger partial charge on any atom is -0.378 e. The Labute approximate surface area is 221 Å². The molecule has 1 aliphatic rings. The zero-order valence-electron chi connectivity index (χ0n) is 21.3. The van der Waals surface area contributed by atoms with Gasteiger partial charge in [-0.3, -0.25) is 9.59 Å². The molecule has 0 aliphatic carbocycles. The fourth-order valence-corrected chi connectivity index (χ4v) is 5.29. The summed E-state index contributed by atoms with van der Waals surface area (Å²) in [6, 6.07) is 15.7. The quantitative estimate of drug-likeness (QED) is 0.391. The molecule has 3 aromatic rings. The second-order valence-electron chi connectivity index (χ2n) is 9.67. The highest BCUT2D eigenvalue weighted by Gasteiger charge is 2.30. The molecule has 1 aliphatic heterocycles. The van der Waals surface area contributed by atoms with Crippen LogP contribution >= 0.6 is 11.3 Å². The number of urea groups is 1. The van der Waals surface area contributed by atoms with Gasteiger partial charge in [0.2, 0.25) is 11.7 Å². The average molecular weight is 523 g/mol. The number of nitrogens with zero attached hydrogens (tertiary/aromatic N) is 2. The molecule has 3 amide bonds. The van der Waals surface area contributed by atoms with Gasteiger partial charge in [-0.1, -0.05) is 56.3 Å². The van der Waals surface area contributed by atoms with Crippen molar-refractivity contribution in [3.05, 3.63) is 65.2 Å². The van der Waals surface area contributed by atoms with Crippen molar-refractivity contribution in [2.45, 2.75) is 45.2 Å². The lowest BCUT2D eigenvalue weighted by atomic mass is 9.99. The summed E-state index contributed by atoms with van der Waals surface area (Å²) in [7, 11) is 0. The van der Waals surface area contributed by atoms with Gasteiger partial charge in [-0.25, -0.2) is 9.78 Å². The van der Waals surface area contributed by atoms with Crippen LogP contribution in [0.15, 0.2) is 54.6 Å². The third-order valence-electron chi connectivity index (χ3n) is 6.32. The summed E-state index contributed by atoms with van der Waals surface area (Å²) in [4.78, 5) is 46.1. The van der Waals surface area contributed by atoms with Crippen LogP contribution in [0.5, 0.6) is 0 Å². The van der Waals surface area contributed by atoms with E-state index < -0.39 is 12.1 Å². The van der Waals surface area contributed by atoms with Crippen LogP contribution < -0.4 is 10.6 Å². The van der Waals surface area contributed by atoms with Crippen LogP contribution in [0, 0.1) is 5.92 Å². The van der Waals surface area contributed by atoms with Crippen molar-refractivity contribution in [3.63, 3.8) is 0 Å². The molecule has 2 N–H and O–H groups in total. The first kappa shape index (κ1) is 26.8. The van der Waals surface area contributed by atoms with E-state index in [9.17, 15) is 14.4 Å². The van der Waals surface area contributed by atoms with Gasteiger partial charge in [0.05, 0.1) is 29.5 Å². The second kappa shape index (κ2) is 12.8. The summed E-state index contributed by atoms with van der Waals surface area (Å²) >= 11 is 1.33. The van der Waals surface area contributed by atoms with Crippen molar-refractivity contribution in [1.82, 2.24) is 20.5 Å². The van der Waals surface area contributed by atoms with Crippen LogP contribution in [0.2, 0.25) is 0 Å². The number of hydrogen-bond acceptors (Lipinski definition) is 6. The molecule has 2 heterocycles. The van der Waals surface area contributed by atoms with Gasteiger partial charge in [-0.2, -0.15) is 0 Å². The number of aromatic nitrogens is 1. The molecular weight excluding hydrogens is 488 g/mol. The Morgan fingerprint density at radius 1 is 0.973 bits per heavy atom. The SMILES string of the molecule is CC(C)C[C@H](NC(=O)N1CCOCC1)C(=O)NC(CCc1ccccc1)C(=O)c1nc2ccccc2s1. The molecular formula is C28H34N4O4S. The highest BCUT2D eigenvalue weighted by molar-refractivity contribution is 7.20. The molecule has 1 aromatic heterocycles. The highest BCUT2D eigenvalue weighted by Crippen LogP contribution is 2.23. The van der Waals surface area contributed by atoms with E-state index >= 15 is 0 Å². The standard InChI is InChI=1S/C28H34N4O4S/c1-19(2)18-23(31-28(35)32-14-16-36-17-15-32)26(34)29-22(13-12-20-8-4-3-5-9-20)25(33)27-30-21-10-6-7-11-24(21)37-27/h3-11,19,22-23H,12-18H2,1-2H3,(H,29,34)(H,31,35)/t22?,23-/m0/s1. The van der Waals surface area contributed by atoms with E-state index in [4.69, 9.17) is 4.74 Å². The number of thiazole rings is 1. The van der Waals surface area contributed by atoms with Gasteiger partial charge in [0.1, 0.15) is 6.04 Å². The van der Waals surface area contributed by atoms with E-state index in [2.05, 4.69) is 15.6 Å². The number of ether oxygens (including phenoxy) is 1. The van der Waals surface area contributed by atoms with Crippen molar-refractivity contribution in [2.24, 2.45) is 5.92 Å². The molecule has 1 fully saturated rings. The lowest BCUT2D eigenvalue weighted by molar-refractivity contribution is -0.123. The Bertz CT molecular complexity index is 1170. The molecule has 0 spiro atoms. The molecule has 0 radical (unpaired) electrons. The summed E-state index contributed by atoms with van der Waals surface area (Å²) in [6.45, 7) is 5.93. The number of carbonyl (C=O) groups excluding carboxylic acids is 3. The number of para-hydroxylation sites is 1. The van der Waals surface area contributed by atoms with Gasteiger partial charge < -0.3 is 20.3 Å². The van der Waals surface area contributed by atoms with Gasteiger partial charge in [0.25, 0.3) is 0 Å². The number of hydrogen-bond donors (Lipinski definition) is 2. The van der Waals surface area contributed by atoms with Gasteiger partial charge in [0, 0.05) is 13.1 Å². The number of amides is 3. The van der Waals surface area contributed by atoms with Crippen molar-refractivity contribution in [3.8, 4) is 0 Å². The number of aryl methyl sites for hydroxylation is 1. The normalized spacial score (nSPS) is 15.4. The number of ketones is 1. The molecule has 2 atom stereocenters. The predicted octanol–water partition coefficient (Wildman–Crippen LogP) is 4.05. The topological polar surface area (TPSA) is 101 Å². The maximum absolute atomic E-state index is 13.6. The minimum atomic E-state index is -0.761. The van der Waals surface area contributed by atoms with E-state index in [-0.39, 0.29) is 23.6 Å². The Kier molecular flexibility index (Phi) is 9.24. The Morgan fingerprint density at radius 3 is 2.38 bits per heavy atom. The summed E-state index contributed by atoms with van der Waals surface area (Å²) < 4.78 is 6.26. The van der Waals surface area contributed by atoms with E-state index in [1.165, 1.54) is 11.3 Å². The first-order valence-corrected chi connectivity index (χ1v) is 13.6. The van der Waals surface area contributed by atoms with Gasteiger partial charge in [-0.15, -0.1) is 11.3 Å². The fourth-order valence-electron chi connectivity index (χ4n) is 4.33. The molecule has 9 heteroatoms. The monoisotopic (exact) mass is 522 g/mol. The molecule has 196 valence electrons. The Balaban J connectivity index is 1.52. The third kappa shape index (κ3) is 7.36. The number of carbonyl (C=O) groups is 3. The van der Waals surface area contributed by atoms with Crippen molar-refractivity contribution in [2.75, 3.05) is 26.3 Å². The largest absolute Gasteiger partial charge is 0.378 e. The molecule has 1 saturated heterocycles. The lowest BCUT2D eigenvalue weighted by Crippen LogP contribution is -2.56. The Hall–Kier alpha value is -3.30. The van der Waals surface area contributed by atoms with E-state index in [1.54, 1.807) is 4.90 Å². The minimum absolute atomic E-state index is 0.170. The number of rotatable bonds is 10. The predicted molar refractivity (Wildman–Crippen MR) is 145 cm³/mol. The molecule has 0 bridgehead atoms. The lowest BCUT2D eigenvalue weighted by Gasteiger charge is -2.30. The first-order valence-electron chi connectivity index (χ1n) is 12.8. The number of fused-ring (bicyclic) bond motifs is 1. The highest BCUT2D eigenvalue weighted by atomic mass is 32.1. The van der Waals surface area contributed by atoms with Crippen LogP contribution in [0.1, 0.15) is 42.1 Å². The van der Waals surface area contributed by atoms with Gasteiger partial charge in [0.15, 0.2) is 5.01 Å². The molecule has 37 heavy (non-hydrogen) atoms. The van der Waals surface area contributed by atoms with Crippen molar-refractivity contribution < 1.29 is 19.1 Å². The number of nitrogens with one attached hydrogen (secondary N) is 2. The average Bonchev–Trinajstić information content (AvgIpc) is 3.35. The maximum atomic E-state index is 13.6. The van der Waals surface area contributed by atoms with E-state index in [1.807, 2.05) is 68.4 Å². The number of Topliss-reactive ketones (excluding diaryl/α,β-unsaturated/α-hetero) is 1. The van der Waals surface area contributed by atoms with Crippen LogP contribution in [-0.4, -0.2) is 66.0 Å². The number of benzene rings is 2. The third-order valence-corrected chi connectivity index (χ3v) is 7.37. The molecule has 1 unspecified atom stereocenters. The molecule has 2 aromatic carbocycles. The summed E-state index contributed by atoms with van der Waals surface area (Å²) in [6.07, 6.45) is 1.51.